The molecular weight excluding hydrogens is 218 g/mol. The van der Waals surface area contributed by atoms with Crippen LogP contribution in [0, 0.1) is 19.8 Å². The third kappa shape index (κ3) is 2.78. The maximum Gasteiger partial charge on any atom is 0.0456 e. The zero-order valence-electron chi connectivity index (χ0n) is 10.7. The Kier molecular flexibility index (Phi) is 4.82. The van der Waals surface area contributed by atoms with Gasteiger partial charge in [-0.3, -0.25) is 0 Å². The third-order valence-electron chi connectivity index (χ3n) is 3.53. The van der Waals surface area contributed by atoms with E-state index in [0.29, 0.717) is 5.92 Å². The number of halogens is 1. The highest BCUT2D eigenvalue weighted by Gasteiger charge is 2.19. The first-order valence-corrected chi connectivity index (χ1v) is 6.41. The predicted molar refractivity (Wildman–Crippen MR) is 71.9 cm³/mol. The van der Waals surface area contributed by atoms with Crippen molar-refractivity contribution in [3.63, 3.8) is 0 Å². The van der Waals surface area contributed by atoms with Gasteiger partial charge in [-0.25, -0.2) is 0 Å². The fraction of sp³-hybridized carbons (Fsp3) is 0.571. The Morgan fingerprint density at radius 1 is 1.12 bits per heavy atom. The van der Waals surface area contributed by atoms with Crippen LogP contribution in [0.15, 0.2) is 12.1 Å². The van der Waals surface area contributed by atoms with Gasteiger partial charge in [0.25, 0.3) is 0 Å². The quantitative estimate of drug-likeness (QED) is 0.829. The van der Waals surface area contributed by atoms with E-state index < -0.39 is 0 Å². The van der Waals surface area contributed by atoms with Gasteiger partial charge in [-0.2, -0.15) is 0 Å². The molecule has 1 unspecified atom stereocenters. The van der Waals surface area contributed by atoms with Gasteiger partial charge in [0.15, 0.2) is 0 Å². The van der Waals surface area contributed by atoms with Crippen LogP contribution in [-0.4, -0.2) is 0 Å². The number of rotatable bonds is 4. The molecule has 0 fully saturated rings. The van der Waals surface area contributed by atoms with Gasteiger partial charge in [0.05, 0.1) is 0 Å². The summed E-state index contributed by atoms with van der Waals surface area (Å²) >= 11 is 6.27. The normalized spacial score (nSPS) is 13.2. The van der Waals surface area contributed by atoms with E-state index in [1.807, 2.05) is 6.07 Å². The molecule has 0 saturated carbocycles. The van der Waals surface area contributed by atoms with E-state index in [0.717, 1.165) is 23.4 Å². The second-order valence-corrected chi connectivity index (χ2v) is 4.97. The lowest BCUT2D eigenvalue weighted by Gasteiger charge is -2.23. The van der Waals surface area contributed by atoms with E-state index in [-0.39, 0.29) is 6.04 Å². The molecule has 1 rings (SSSR count). The van der Waals surface area contributed by atoms with Crippen molar-refractivity contribution >= 4 is 11.6 Å². The van der Waals surface area contributed by atoms with Crippen LogP contribution in [0.2, 0.25) is 5.02 Å². The van der Waals surface area contributed by atoms with Gasteiger partial charge in [0.2, 0.25) is 0 Å². The Morgan fingerprint density at radius 2 is 1.62 bits per heavy atom. The second kappa shape index (κ2) is 5.70. The molecule has 1 aromatic carbocycles. The molecule has 0 aromatic heterocycles. The van der Waals surface area contributed by atoms with Gasteiger partial charge in [0, 0.05) is 11.1 Å². The molecule has 2 heteroatoms. The van der Waals surface area contributed by atoms with E-state index in [9.17, 15) is 0 Å². The van der Waals surface area contributed by atoms with E-state index >= 15 is 0 Å². The van der Waals surface area contributed by atoms with Crippen LogP contribution < -0.4 is 5.73 Å². The van der Waals surface area contributed by atoms with Gasteiger partial charge in [-0.05, 0) is 42.5 Å². The minimum Gasteiger partial charge on any atom is -0.324 e. The van der Waals surface area contributed by atoms with Crippen molar-refractivity contribution < 1.29 is 0 Å². The van der Waals surface area contributed by atoms with Crippen molar-refractivity contribution in [2.24, 2.45) is 11.7 Å². The molecule has 0 aliphatic heterocycles. The molecule has 0 aliphatic carbocycles. The van der Waals surface area contributed by atoms with E-state index in [1.165, 1.54) is 11.1 Å². The Morgan fingerprint density at radius 3 is 2.12 bits per heavy atom. The summed E-state index contributed by atoms with van der Waals surface area (Å²) in [6.45, 7) is 8.55. The van der Waals surface area contributed by atoms with Gasteiger partial charge < -0.3 is 5.73 Å². The summed E-state index contributed by atoms with van der Waals surface area (Å²) in [5.74, 6) is 0.514. The van der Waals surface area contributed by atoms with Crippen LogP contribution in [0.3, 0.4) is 0 Å². The molecule has 0 amide bonds. The summed E-state index contributed by atoms with van der Waals surface area (Å²) in [7, 11) is 0. The Labute approximate surface area is 104 Å². The zero-order valence-corrected chi connectivity index (χ0v) is 11.4. The predicted octanol–water partition coefficient (Wildman–Crippen LogP) is 4.39. The number of hydrogen-bond acceptors (Lipinski definition) is 1. The lowest BCUT2D eigenvalue weighted by Crippen LogP contribution is -2.21. The van der Waals surface area contributed by atoms with Crippen LogP contribution in [0.5, 0.6) is 0 Å². The minimum absolute atomic E-state index is 0.0572. The van der Waals surface area contributed by atoms with Gasteiger partial charge >= 0.3 is 0 Å². The largest absolute Gasteiger partial charge is 0.324 e. The summed E-state index contributed by atoms with van der Waals surface area (Å²) < 4.78 is 0. The van der Waals surface area contributed by atoms with Crippen molar-refractivity contribution in [2.75, 3.05) is 0 Å². The maximum absolute atomic E-state index is 6.30. The maximum atomic E-state index is 6.30. The third-order valence-corrected chi connectivity index (χ3v) is 3.86. The summed E-state index contributed by atoms with van der Waals surface area (Å²) in [5, 5.41) is 0.808. The molecule has 1 nitrogen and oxygen atoms in total. The van der Waals surface area contributed by atoms with E-state index in [2.05, 4.69) is 33.8 Å². The molecule has 0 radical (unpaired) electrons. The van der Waals surface area contributed by atoms with E-state index in [1.54, 1.807) is 0 Å². The summed E-state index contributed by atoms with van der Waals surface area (Å²) in [5.41, 5.74) is 9.88. The summed E-state index contributed by atoms with van der Waals surface area (Å²) in [4.78, 5) is 0. The topological polar surface area (TPSA) is 26.0 Å². The second-order valence-electron chi connectivity index (χ2n) is 4.56. The van der Waals surface area contributed by atoms with Gasteiger partial charge in [0.1, 0.15) is 0 Å². The average molecular weight is 240 g/mol. The summed E-state index contributed by atoms with van der Waals surface area (Å²) in [6, 6.07) is 4.22. The van der Waals surface area contributed by atoms with Crippen LogP contribution in [0.1, 0.15) is 49.4 Å². The van der Waals surface area contributed by atoms with E-state index in [4.69, 9.17) is 17.3 Å². The number of nitrogens with two attached hydrogens (primary N) is 1. The molecule has 16 heavy (non-hydrogen) atoms. The molecule has 2 N–H and O–H groups in total. The molecule has 0 saturated heterocycles. The van der Waals surface area contributed by atoms with Crippen molar-refractivity contribution in [3.8, 4) is 0 Å². The zero-order chi connectivity index (χ0) is 12.3. The highest BCUT2D eigenvalue weighted by Crippen LogP contribution is 2.31. The highest BCUT2D eigenvalue weighted by atomic mass is 35.5. The molecule has 0 bridgehead atoms. The first-order valence-electron chi connectivity index (χ1n) is 6.03. The molecule has 0 heterocycles. The molecule has 0 spiro atoms. The Bertz CT molecular complexity index is 356. The van der Waals surface area contributed by atoms with Gasteiger partial charge in [-0.15, -0.1) is 0 Å². The Balaban J connectivity index is 3.07. The SMILES string of the molecule is CCC(CC)C(N)c1cc(C)c(C)cc1Cl. The van der Waals surface area contributed by atoms with Crippen molar-refractivity contribution in [1.29, 1.82) is 0 Å². The molecule has 1 atom stereocenters. The molecule has 90 valence electrons. The number of benzene rings is 1. The first-order chi connectivity index (χ1) is 7.51. The van der Waals surface area contributed by atoms with Crippen molar-refractivity contribution in [1.82, 2.24) is 0 Å². The fourth-order valence-electron chi connectivity index (χ4n) is 2.11. The van der Waals surface area contributed by atoms with Crippen molar-refractivity contribution in [3.05, 3.63) is 33.8 Å². The van der Waals surface area contributed by atoms with Crippen molar-refractivity contribution in [2.45, 2.75) is 46.6 Å². The molecule has 0 aliphatic rings. The average Bonchev–Trinajstić information content (AvgIpc) is 2.25. The molecular formula is C14H22ClN. The number of hydrogen-bond donors (Lipinski definition) is 1. The van der Waals surface area contributed by atoms with Crippen LogP contribution in [0.4, 0.5) is 0 Å². The van der Waals surface area contributed by atoms with Gasteiger partial charge in [-0.1, -0.05) is 44.4 Å². The minimum atomic E-state index is 0.0572. The smallest absolute Gasteiger partial charge is 0.0456 e. The summed E-state index contributed by atoms with van der Waals surface area (Å²) in [6.07, 6.45) is 2.20. The van der Waals surface area contributed by atoms with Crippen LogP contribution in [0.25, 0.3) is 0 Å². The lowest BCUT2D eigenvalue weighted by atomic mass is 9.88. The first kappa shape index (κ1) is 13.5. The number of aryl methyl sites for hydroxylation is 2. The van der Waals surface area contributed by atoms with Crippen LogP contribution in [-0.2, 0) is 0 Å². The Hall–Kier alpha value is -0.530. The highest BCUT2D eigenvalue weighted by molar-refractivity contribution is 6.31. The lowest BCUT2D eigenvalue weighted by molar-refractivity contribution is 0.405. The molecule has 1 aromatic rings. The monoisotopic (exact) mass is 239 g/mol. The fourth-order valence-corrected chi connectivity index (χ4v) is 2.45. The standard InChI is InChI=1S/C14H22ClN/c1-5-11(6-2)14(16)12-7-9(3)10(4)8-13(12)15/h7-8,11,14H,5-6,16H2,1-4H3. The van der Waals surface area contributed by atoms with Crippen LogP contribution >= 0.6 is 11.6 Å².